The van der Waals surface area contributed by atoms with E-state index in [1.165, 1.54) is 0 Å². The van der Waals surface area contributed by atoms with E-state index in [2.05, 4.69) is 12.6 Å². The molecule has 0 aromatic heterocycles. The maximum Gasteiger partial charge on any atom is 0.190 e. The van der Waals surface area contributed by atoms with E-state index < -0.39 is 51.4 Å². The Labute approximate surface area is 170 Å². The molecule has 4 N–H and O–H groups in total. The second-order valence-electron chi connectivity index (χ2n) is 9.51. The van der Waals surface area contributed by atoms with Crippen LogP contribution in [0.15, 0.2) is 23.3 Å². The van der Waals surface area contributed by atoms with E-state index in [9.17, 15) is 25.2 Å². The summed E-state index contributed by atoms with van der Waals surface area (Å²) in [4.78, 5) is 12.9. The number of Topliss-reactive ketones (excluding diaryl/α,β-unsaturated/α-hetero) is 1. The summed E-state index contributed by atoms with van der Waals surface area (Å²) >= 11 is 4.57. The zero-order valence-electron chi connectivity index (χ0n) is 16.8. The first-order chi connectivity index (χ1) is 13.0. The Morgan fingerprint density at radius 3 is 2.54 bits per heavy atom. The molecule has 5 aliphatic rings. The molecule has 0 amide bonds. The van der Waals surface area contributed by atoms with Crippen LogP contribution < -0.4 is 0 Å². The summed E-state index contributed by atoms with van der Waals surface area (Å²) in [6.07, 6.45) is 2.77. The van der Waals surface area contributed by atoms with Crippen LogP contribution in [-0.2, 0) is 9.53 Å². The molecule has 0 saturated heterocycles. The van der Waals surface area contributed by atoms with Crippen LogP contribution in [0.2, 0.25) is 0 Å². The number of thiol groups is 1. The van der Waals surface area contributed by atoms with Gasteiger partial charge in [-0.1, -0.05) is 26.0 Å². The van der Waals surface area contributed by atoms with Crippen LogP contribution in [0.5, 0.6) is 0 Å². The minimum absolute atomic E-state index is 0.0453. The molecule has 1 spiro atoms. The normalized spacial score (nSPS) is 54.9. The van der Waals surface area contributed by atoms with Crippen molar-refractivity contribution in [3.8, 4) is 0 Å². The van der Waals surface area contributed by atoms with Crippen molar-refractivity contribution in [2.24, 2.45) is 22.7 Å². The van der Waals surface area contributed by atoms with E-state index in [1.807, 2.05) is 13.0 Å². The number of ketones is 1. The van der Waals surface area contributed by atoms with Gasteiger partial charge in [0.05, 0.1) is 18.3 Å². The Kier molecular flexibility index (Phi) is 4.19. The first-order valence-electron chi connectivity index (χ1n) is 9.79. The predicted molar refractivity (Wildman–Crippen MR) is 106 cm³/mol. The van der Waals surface area contributed by atoms with Crippen molar-refractivity contribution in [2.45, 2.75) is 56.5 Å². The number of methoxy groups -OCH3 is 1. The van der Waals surface area contributed by atoms with Crippen molar-refractivity contribution in [3.05, 3.63) is 23.3 Å². The van der Waals surface area contributed by atoms with Gasteiger partial charge in [-0.3, -0.25) is 4.79 Å². The minimum atomic E-state index is -1.84. The van der Waals surface area contributed by atoms with Crippen molar-refractivity contribution in [1.29, 1.82) is 0 Å². The first-order valence-corrected chi connectivity index (χ1v) is 10.4. The molecule has 0 aromatic carbocycles. The van der Waals surface area contributed by atoms with Gasteiger partial charge < -0.3 is 25.2 Å². The van der Waals surface area contributed by atoms with E-state index in [4.69, 9.17) is 4.74 Å². The largest absolute Gasteiger partial charge is 0.392 e. The Hall–Kier alpha value is -0.700. The van der Waals surface area contributed by atoms with E-state index in [0.29, 0.717) is 23.3 Å². The van der Waals surface area contributed by atoms with E-state index in [1.54, 1.807) is 27.0 Å². The summed E-state index contributed by atoms with van der Waals surface area (Å²) in [6.45, 7) is 4.98. The summed E-state index contributed by atoms with van der Waals surface area (Å²) in [5.41, 5.74) is -5.12. The smallest absolute Gasteiger partial charge is 0.190 e. The highest BCUT2D eigenvalue weighted by molar-refractivity contribution is 7.80. The third kappa shape index (κ3) is 1.75. The highest BCUT2D eigenvalue weighted by Gasteiger charge is 2.87. The number of fused-ring (bicyclic) bond motifs is 2. The van der Waals surface area contributed by atoms with Gasteiger partial charge in [0, 0.05) is 36.2 Å². The molecule has 7 heteroatoms. The average molecular weight is 411 g/mol. The predicted octanol–water partition coefficient (Wildman–Crippen LogP) is 0.638. The Bertz CT molecular complexity index is 809. The number of carbonyl (C=O) groups excluding carboxylic acids is 1. The van der Waals surface area contributed by atoms with Crippen molar-refractivity contribution >= 4 is 18.4 Å². The van der Waals surface area contributed by atoms with Gasteiger partial charge in [0.25, 0.3) is 0 Å². The van der Waals surface area contributed by atoms with Crippen molar-refractivity contribution < 1.29 is 30.0 Å². The van der Waals surface area contributed by atoms with Crippen LogP contribution in [0.25, 0.3) is 0 Å². The van der Waals surface area contributed by atoms with Gasteiger partial charge in [-0.05, 0) is 30.2 Å². The van der Waals surface area contributed by atoms with Crippen LogP contribution in [0.1, 0.15) is 33.6 Å². The van der Waals surface area contributed by atoms with Gasteiger partial charge in [-0.2, -0.15) is 12.6 Å². The molecule has 6 nitrogen and oxygen atoms in total. The SMILES string of the molecule is CO[C@]12CC3(C=C(CO)C[C@]4(O)C(=O)C(C)=C[C@H]4[C@@]3(O)[C@H](C)[C@H]1O)[C@@]2(C)CS. The van der Waals surface area contributed by atoms with E-state index in [0.717, 1.165) is 0 Å². The van der Waals surface area contributed by atoms with Gasteiger partial charge in [0.2, 0.25) is 0 Å². The molecule has 1 unspecified atom stereocenters. The summed E-state index contributed by atoms with van der Waals surface area (Å²) in [6, 6.07) is 0. The third-order valence-electron chi connectivity index (χ3n) is 8.81. The van der Waals surface area contributed by atoms with Crippen LogP contribution >= 0.6 is 12.6 Å². The molecule has 5 rings (SSSR count). The molecular formula is C21H30O6S. The fourth-order valence-electron chi connectivity index (χ4n) is 7.20. The topological polar surface area (TPSA) is 107 Å². The van der Waals surface area contributed by atoms with Crippen molar-refractivity contribution in [3.63, 3.8) is 0 Å². The standard InChI is InChI=1S/C21H30O6S/c1-11-5-14-19(25,15(11)23)7-13(8-22)6-18-9-20(27-4,17(18,3)10-28)16(24)12(2)21(14,18)26/h5-6,12,14,16,22,24-26,28H,7-10H2,1-4H3/t12-,14-,16-,17-,18?,19-,20-,21+/m1/s1. The molecule has 28 heavy (non-hydrogen) atoms. The van der Waals surface area contributed by atoms with E-state index in [-0.39, 0.29) is 13.0 Å². The Morgan fingerprint density at radius 2 is 2.00 bits per heavy atom. The van der Waals surface area contributed by atoms with Gasteiger partial charge in [-0.15, -0.1) is 0 Å². The molecule has 0 radical (unpaired) electrons. The highest BCUT2D eigenvalue weighted by atomic mass is 32.1. The van der Waals surface area contributed by atoms with E-state index >= 15 is 0 Å². The zero-order chi connectivity index (χ0) is 20.9. The second-order valence-corrected chi connectivity index (χ2v) is 9.83. The summed E-state index contributed by atoms with van der Waals surface area (Å²) in [7, 11) is 1.56. The van der Waals surface area contributed by atoms with Crippen LogP contribution in [0.4, 0.5) is 0 Å². The highest BCUT2D eigenvalue weighted by Crippen LogP contribution is 2.79. The summed E-state index contributed by atoms with van der Waals surface area (Å²) < 4.78 is 5.86. The number of ether oxygens (including phenoxy) is 1. The van der Waals surface area contributed by atoms with Crippen LogP contribution in [0, 0.1) is 22.7 Å². The Morgan fingerprint density at radius 1 is 1.36 bits per heavy atom. The molecule has 8 atom stereocenters. The van der Waals surface area contributed by atoms with Gasteiger partial charge in [-0.25, -0.2) is 0 Å². The van der Waals surface area contributed by atoms with Gasteiger partial charge in [0.15, 0.2) is 5.78 Å². The molecule has 0 aromatic rings. The summed E-state index contributed by atoms with van der Waals surface area (Å²) in [5.74, 6) is -1.68. The third-order valence-corrected chi connectivity index (χ3v) is 9.44. The quantitative estimate of drug-likeness (QED) is 0.345. The van der Waals surface area contributed by atoms with Crippen molar-refractivity contribution in [2.75, 3.05) is 19.5 Å². The fourth-order valence-corrected chi connectivity index (χ4v) is 7.74. The molecular weight excluding hydrogens is 380 g/mol. The number of rotatable bonds is 3. The average Bonchev–Trinajstić information content (AvgIpc) is 2.84. The fraction of sp³-hybridized carbons (Fsp3) is 0.762. The molecule has 5 aliphatic carbocycles. The molecule has 3 saturated carbocycles. The molecule has 3 fully saturated rings. The minimum Gasteiger partial charge on any atom is -0.392 e. The zero-order valence-corrected chi connectivity index (χ0v) is 17.7. The molecule has 0 aliphatic heterocycles. The molecule has 0 heterocycles. The number of aliphatic hydroxyl groups excluding tert-OH is 2. The van der Waals surface area contributed by atoms with Gasteiger partial charge >= 0.3 is 0 Å². The summed E-state index contributed by atoms with van der Waals surface area (Å²) in [5, 5.41) is 45.1. The number of hydrogen-bond acceptors (Lipinski definition) is 7. The van der Waals surface area contributed by atoms with Crippen LogP contribution in [-0.4, -0.2) is 68.6 Å². The number of carbonyl (C=O) groups is 1. The lowest BCUT2D eigenvalue weighted by atomic mass is 9.28. The molecule has 156 valence electrons. The lowest BCUT2D eigenvalue weighted by Gasteiger charge is -2.80. The maximum absolute atomic E-state index is 12.9. The molecule has 2 bridgehead atoms. The Balaban J connectivity index is 2.05. The van der Waals surface area contributed by atoms with Crippen LogP contribution in [0.3, 0.4) is 0 Å². The maximum atomic E-state index is 12.9. The lowest BCUT2D eigenvalue weighted by Crippen LogP contribution is -2.89. The number of hydrogen-bond donors (Lipinski definition) is 5. The lowest BCUT2D eigenvalue weighted by molar-refractivity contribution is -0.400. The number of aliphatic hydroxyl groups is 4. The monoisotopic (exact) mass is 410 g/mol. The van der Waals surface area contributed by atoms with Gasteiger partial charge in [0.1, 0.15) is 11.2 Å². The second kappa shape index (κ2) is 5.71. The van der Waals surface area contributed by atoms with Crippen molar-refractivity contribution in [1.82, 2.24) is 0 Å². The first kappa shape index (κ1) is 20.6.